The number of rotatable bonds is 5. The molecule has 0 N–H and O–H groups in total. The summed E-state index contributed by atoms with van der Waals surface area (Å²) in [6.07, 6.45) is 2.98. The molecule has 3 aromatic rings. The maximum atomic E-state index is 4.34. The molecule has 1 heterocycles. The van der Waals surface area contributed by atoms with Gasteiger partial charge in [-0.3, -0.25) is 0 Å². The van der Waals surface area contributed by atoms with E-state index in [9.17, 15) is 0 Å². The molecule has 2 aromatic carbocycles. The topological polar surface area (TPSA) is 30.7 Å². The van der Waals surface area contributed by atoms with E-state index in [0.717, 1.165) is 18.7 Å². The average Bonchev–Trinajstić information content (AvgIpc) is 2.98. The fourth-order valence-electron chi connectivity index (χ4n) is 3.01. The van der Waals surface area contributed by atoms with E-state index in [2.05, 4.69) is 79.7 Å². The van der Waals surface area contributed by atoms with Gasteiger partial charge in [0.1, 0.15) is 0 Å². The molecule has 3 heteroatoms. The van der Waals surface area contributed by atoms with Gasteiger partial charge in [-0.05, 0) is 48.4 Å². The zero-order valence-electron chi connectivity index (χ0n) is 14.0. The Labute approximate surface area is 138 Å². The molecule has 1 unspecified atom stereocenters. The molecule has 3 rings (SSSR count). The molecule has 23 heavy (non-hydrogen) atoms. The predicted octanol–water partition coefficient (Wildman–Crippen LogP) is 4.29. The molecule has 0 saturated carbocycles. The van der Waals surface area contributed by atoms with E-state index < -0.39 is 0 Å². The van der Waals surface area contributed by atoms with Crippen LogP contribution in [0, 0.1) is 13.8 Å². The molecular weight excluding hydrogens is 282 g/mol. The zero-order chi connectivity index (χ0) is 16.2. The van der Waals surface area contributed by atoms with Crippen molar-refractivity contribution in [2.75, 3.05) is 0 Å². The Morgan fingerprint density at radius 2 is 1.78 bits per heavy atom. The van der Waals surface area contributed by atoms with Crippen molar-refractivity contribution in [1.82, 2.24) is 15.0 Å². The number of hydrogen-bond acceptors (Lipinski definition) is 2. The van der Waals surface area contributed by atoms with E-state index in [1.165, 1.54) is 22.3 Å². The molecule has 0 radical (unpaired) electrons. The van der Waals surface area contributed by atoms with Crippen LogP contribution in [0.2, 0.25) is 0 Å². The first-order valence-electron chi connectivity index (χ1n) is 8.12. The maximum Gasteiger partial charge on any atom is 0.0833 e. The van der Waals surface area contributed by atoms with Crippen molar-refractivity contribution < 1.29 is 0 Å². The Morgan fingerprint density at radius 1 is 1.00 bits per heavy atom. The van der Waals surface area contributed by atoms with Crippen LogP contribution in [0.5, 0.6) is 0 Å². The average molecular weight is 305 g/mol. The Hall–Kier alpha value is -2.42. The standard InChI is InChI=1S/C20H23N3/c1-15-8-7-11-20(17(15)3)16(2)12-19-14-23(22-21-19)13-18-9-5-4-6-10-18/h4-11,14,16H,12-13H2,1-3H3. The van der Waals surface area contributed by atoms with E-state index >= 15 is 0 Å². The van der Waals surface area contributed by atoms with Gasteiger partial charge in [-0.2, -0.15) is 0 Å². The molecule has 118 valence electrons. The van der Waals surface area contributed by atoms with Gasteiger partial charge in [0.25, 0.3) is 0 Å². The van der Waals surface area contributed by atoms with Crippen molar-refractivity contribution in [2.24, 2.45) is 0 Å². The van der Waals surface area contributed by atoms with Crippen LogP contribution in [0.3, 0.4) is 0 Å². The molecule has 1 atom stereocenters. The van der Waals surface area contributed by atoms with Gasteiger partial charge in [0.2, 0.25) is 0 Å². The predicted molar refractivity (Wildman–Crippen MR) is 93.6 cm³/mol. The first-order valence-corrected chi connectivity index (χ1v) is 8.12. The highest BCUT2D eigenvalue weighted by molar-refractivity contribution is 5.35. The van der Waals surface area contributed by atoms with Crippen LogP contribution in [0.15, 0.2) is 54.7 Å². The summed E-state index contributed by atoms with van der Waals surface area (Å²) in [5, 5.41) is 8.61. The quantitative estimate of drug-likeness (QED) is 0.704. The highest BCUT2D eigenvalue weighted by Gasteiger charge is 2.12. The fraction of sp³-hybridized carbons (Fsp3) is 0.300. The summed E-state index contributed by atoms with van der Waals surface area (Å²) in [6.45, 7) is 7.40. The summed E-state index contributed by atoms with van der Waals surface area (Å²) >= 11 is 0. The van der Waals surface area contributed by atoms with Crippen molar-refractivity contribution in [1.29, 1.82) is 0 Å². The van der Waals surface area contributed by atoms with Crippen LogP contribution in [-0.4, -0.2) is 15.0 Å². The number of hydrogen-bond donors (Lipinski definition) is 0. The molecule has 0 spiro atoms. The van der Waals surface area contributed by atoms with E-state index in [4.69, 9.17) is 0 Å². The van der Waals surface area contributed by atoms with Gasteiger partial charge in [-0.1, -0.05) is 60.7 Å². The van der Waals surface area contributed by atoms with Crippen molar-refractivity contribution >= 4 is 0 Å². The first kappa shape index (κ1) is 15.5. The normalized spacial score (nSPS) is 12.3. The Balaban J connectivity index is 1.70. The third-order valence-electron chi connectivity index (χ3n) is 4.47. The molecule has 0 bridgehead atoms. The molecule has 0 aliphatic carbocycles. The van der Waals surface area contributed by atoms with Crippen molar-refractivity contribution in [2.45, 2.75) is 39.7 Å². The van der Waals surface area contributed by atoms with Crippen LogP contribution >= 0.6 is 0 Å². The van der Waals surface area contributed by atoms with Crippen LogP contribution in [0.4, 0.5) is 0 Å². The molecule has 0 aliphatic heterocycles. The highest BCUT2D eigenvalue weighted by atomic mass is 15.4. The molecule has 0 amide bonds. The Morgan fingerprint density at radius 3 is 2.57 bits per heavy atom. The lowest BCUT2D eigenvalue weighted by Crippen LogP contribution is -2.02. The number of aryl methyl sites for hydroxylation is 1. The van der Waals surface area contributed by atoms with Crippen LogP contribution in [0.1, 0.15) is 40.8 Å². The SMILES string of the molecule is Cc1cccc(C(C)Cc2cn(Cc3ccccc3)nn2)c1C. The van der Waals surface area contributed by atoms with Gasteiger partial charge in [0.15, 0.2) is 0 Å². The van der Waals surface area contributed by atoms with Gasteiger partial charge < -0.3 is 0 Å². The van der Waals surface area contributed by atoms with Gasteiger partial charge in [0.05, 0.1) is 12.2 Å². The second kappa shape index (κ2) is 6.78. The summed E-state index contributed by atoms with van der Waals surface area (Å²) in [6, 6.07) is 16.9. The fourth-order valence-corrected chi connectivity index (χ4v) is 3.01. The van der Waals surface area contributed by atoms with Crippen molar-refractivity contribution in [3.63, 3.8) is 0 Å². The van der Waals surface area contributed by atoms with Gasteiger partial charge in [-0.25, -0.2) is 4.68 Å². The largest absolute Gasteiger partial charge is 0.248 e. The van der Waals surface area contributed by atoms with E-state index in [1.54, 1.807) is 0 Å². The second-order valence-corrected chi connectivity index (χ2v) is 6.29. The Bertz CT molecular complexity index is 775. The van der Waals surface area contributed by atoms with E-state index in [0.29, 0.717) is 5.92 Å². The van der Waals surface area contributed by atoms with Gasteiger partial charge in [0, 0.05) is 6.20 Å². The molecule has 3 nitrogen and oxygen atoms in total. The monoisotopic (exact) mass is 305 g/mol. The summed E-state index contributed by atoms with van der Waals surface area (Å²) in [7, 11) is 0. The third-order valence-corrected chi connectivity index (χ3v) is 4.47. The second-order valence-electron chi connectivity index (χ2n) is 6.29. The minimum Gasteiger partial charge on any atom is -0.248 e. The Kier molecular flexibility index (Phi) is 4.56. The van der Waals surface area contributed by atoms with Crippen molar-refractivity contribution in [3.8, 4) is 0 Å². The van der Waals surface area contributed by atoms with Crippen molar-refractivity contribution in [3.05, 3.63) is 82.7 Å². The molecule has 1 aromatic heterocycles. The molecule has 0 fully saturated rings. The van der Waals surface area contributed by atoms with Gasteiger partial charge >= 0.3 is 0 Å². The number of benzene rings is 2. The number of nitrogens with zero attached hydrogens (tertiary/aromatic N) is 3. The summed E-state index contributed by atoms with van der Waals surface area (Å²) < 4.78 is 1.92. The minimum atomic E-state index is 0.441. The van der Waals surface area contributed by atoms with Crippen LogP contribution in [0.25, 0.3) is 0 Å². The number of aromatic nitrogens is 3. The van der Waals surface area contributed by atoms with Crippen LogP contribution < -0.4 is 0 Å². The molecule has 0 saturated heterocycles. The lowest BCUT2D eigenvalue weighted by Gasteiger charge is -2.14. The molecule has 0 aliphatic rings. The highest BCUT2D eigenvalue weighted by Crippen LogP contribution is 2.24. The lowest BCUT2D eigenvalue weighted by molar-refractivity contribution is 0.648. The van der Waals surface area contributed by atoms with Gasteiger partial charge in [-0.15, -0.1) is 5.10 Å². The first-order chi connectivity index (χ1) is 11.1. The third kappa shape index (κ3) is 3.67. The summed E-state index contributed by atoms with van der Waals surface area (Å²) in [4.78, 5) is 0. The zero-order valence-corrected chi connectivity index (χ0v) is 14.0. The smallest absolute Gasteiger partial charge is 0.0833 e. The van der Waals surface area contributed by atoms with Crippen LogP contribution in [-0.2, 0) is 13.0 Å². The summed E-state index contributed by atoms with van der Waals surface area (Å²) in [5.41, 5.74) is 6.43. The molecular formula is C20H23N3. The lowest BCUT2D eigenvalue weighted by atomic mass is 9.91. The van der Waals surface area contributed by atoms with E-state index in [1.807, 2.05) is 10.7 Å². The minimum absolute atomic E-state index is 0.441. The maximum absolute atomic E-state index is 4.34. The van der Waals surface area contributed by atoms with E-state index in [-0.39, 0.29) is 0 Å². The summed E-state index contributed by atoms with van der Waals surface area (Å²) in [5.74, 6) is 0.441.